The van der Waals surface area contributed by atoms with Crippen molar-refractivity contribution < 1.29 is 46.5 Å². The van der Waals surface area contributed by atoms with Crippen LogP contribution < -0.4 is 28.4 Å². The van der Waals surface area contributed by atoms with Gasteiger partial charge in [0, 0.05) is 39.7 Å². The van der Waals surface area contributed by atoms with Gasteiger partial charge in [-0.3, -0.25) is 4.79 Å². The Morgan fingerprint density at radius 3 is 0.614 bits per heavy atom. The fourth-order valence-corrected chi connectivity index (χ4v) is 20.0. The minimum Gasteiger partial charge on any atom is -0.503 e. The van der Waals surface area contributed by atoms with E-state index in [0.29, 0.717) is 119 Å². The number of halogens is 2. The first-order chi connectivity index (χ1) is 68.9. The van der Waals surface area contributed by atoms with E-state index in [9.17, 15) is 13.4 Å². The molecule has 2 N–H and O–H groups in total. The van der Waals surface area contributed by atoms with Crippen LogP contribution in [0, 0.1) is 51.4 Å². The van der Waals surface area contributed by atoms with Crippen molar-refractivity contribution in [3.63, 3.8) is 0 Å². The minimum absolute atomic E-state index is 0.237. The Morgan fingerprint density at radius 2 is 0.421 bits per heavy atom. The maximum Gasteiger partial charge on any atom is 0.796 e. The fourth-order valence-electron chi connectivity index (χ4n) is 20.0. The number of hydrogen-bond donors (Lipinski definition) is 2. The first-order valence-electron chi connectivity index (χ1n) is 60.7. The number of aryl methyl sites for hydroxylation is 2. The number of H-pyrrole nitrogens is 2. The highest BCUT2D eigenvalue weighted by Gasteiger charge is 2.27. The fraction of sp³-hybridized carbons (Fsp3) is 0.787. The van der Waals surface area contributed by atoms with Crippen LogP contribution in [0.2, 0.25) is 0 Å². The molecule has 4 rings (SSSR count). The monoisotopic (exact) mass is 1950 g/mol. The van der Waals surface area contributed by atoms with Gasteiger partial charge in [0.15, 0.2) is 23.0 Å². The van der Waals surface area contributed by atoms with Gasteiger partial charge in [0.25, 0.3) is 0 Å². The molecule has 10 nitrogen and oxygen atoms in total. The number of unbranched alkanes of at least 4 members (excludes halogenated alkanes) is 78. The summed E-state index contributed by atoms with van der Waals surface area (Å²) in [6, 6.07) is 8.00. The molecule has 0 aliphatic carbocycles. The van der Waals surface area contributed by atoms with Crippen molar-refractivity contribution in [2.75, 3.05) is 39.6 Å². The van der Waals surface area contributed by atoms with Crippen LogP contribution in [0.15, 0.2) is 30.3 Å². The SMILES string of the molecule is CCCCCCCCCCCCCCCCOc1cc(C#Cc2c(C)[nH]c(C(=O)/C=C(/OB(F)F)c3[nH]c(C)c(C#Cc4cc(OCCCCCCCCCCCCCCCC)c(OCCCCCCCCCCCCCCCC)c(OCCCCCCCCCCCCCCCC)c4)c3C)c2C)cc(OCCCCCCCCCCCCCCCC)c1OCCCCCCCCCCCCCCCC. The normalized spacial score (nSPS) is 11.5. The molecule has 0 unspecified atom stereocenters. The van der Waals surface area contributed by atoms with E-state index in [-0.39, 0.29) is 17.1 Å². The lowest BCUT2D eigenvalue weighted by molar-refractivity contribution is 0.104. The van der Waals surface area contributed by atoms with Gasteiger partial charge in [-0.25, -0.2) is 8.63 Å². The molecule has 0 spiro atoms. The molecule has 0 aliphatic heterocycles. The zero-order valence-electron chi connectivity index (χ0n) is 93.1. The van der Waals surface area contributed by atoms with Gasteiger partial charge in [0.1, 0.15) is 5.76 Å². The highest BCUT2D eigenvalue weighted by molar-refractivity contribution is 6.36. The first kappa shape index (κ1) is 126. The van der Waals surface area contributed by atoms with E-state index in [2.05, 4.69) is 75.2 Å². The number of aromatic nitrogens is 2. The number of allylic oxidation sites excluding steroid dienone is 1. The van der Waals surface area contributed by atoms with Gasteiger partial charge in [-0.2, -0.15) is 0 Å². The summed E-state index contributed by atoms with van der Waals surface area (Å²) < 4.78 is 76.2. The number of carbonyl (C=O) groups excluding carboxylic acids is 1. The standard InChI is InChI=1S/C127H217BF2N2O8/c1-11-17-23-29-35-41-47-53-59-65-71-77-83-89-99-134-120-105-114(106-121(135-100-90-84-78-72-66-60-54-48-42-36-30-24-18-12-2)126(120)138-103-93-87-81-75-69-63-57-51-45-39-33-27-21-15-5)95-97-116-110(7)124(131-112(116)9)118(133)109-119(140-128(129)130)125-111(8)117(113(10)132-125)98-96-115-107-122(136-101-91-85-79-73-67-61-55-49-43-37-31-25-19-13-3)127(139-104-94-88-82-76-70-64-58-52-46-40-34-28-22-16-6)123(108-115)137-102-92-86-80-74-68-62-56-50-44-38-32-26-20-14-4/h105-109,131-132H,11-94,99-104H2,1-10H3/b119-109+. The molecule has 0 saturated heterocycles. The Bertz CT molecular complexity index is 3610. The number of rotatable bonds is 101. The Hall–Kier alpha value is -5.95. The number of aromatic amines is 2. The van der Waals surface area contributed by atoms with Crippen molar-refractivity contribution in [1.29, 1.82) is 0 Å². The highest BCUT2D eigenvalue weighted by Crippen LogP contribution is 2.42. The molecular weight excluding hydrogens is 1730 g/mol. The van der Waals surface area contributed by atoms with E-state index < -0.39 is 13.3 Å². The molecule has 2 aromatic heterocycles. The second kappa shape index (κ2) is 91.7. The topological polar surface area (TPSA) is 113 Å². The van der Waals surface area contributed by atoms with Crippen molar-refractivity contribution in [3.05, 3.63) is 86.5 Å². The third-order valence-corrected chi connectivity index (χ3v) is 29.1. The second-order valence-electron chi connectivity index (χ2n) is 42.3. The number of nitrogens with one attached hydrogen (secondary N) is 2. The first-order valence-corrected chi connectivity index (χ1v) is 60.7. The van der Waals surface area contributed by atoms with Gasteiger partial charge in [0.05, 0.1) is 51.0 Å². The van der Waals surface area contributed by atoms with E-state index in [1.165, 1.54) is 468 Å². The van der Waals surface area contributed by atoms with Gasteiger partial charge < -0.3 is 43.0 Å². The van der Waals surface area contributed by atoms with Crippen LogP contribution in [0.25, 0.3) is 5.76 Å². The summed E-state index contributed by atoms with van der Waals surface area (Å²) in [5.41, 5.74) is 5.67. The van der Waals surface area contributed by atoms with E-state index in [1.807, 2.05) is 52.0 Å². The van der Waals surface area contributed by atoms with Gasteiger partial charge >= 0.3 is 7.47 Å². The molecule has 0 aliphatic rings. The molecule has 4 aromatic rings. The predicted molar refractivity (Wildman–Crippen MR) is 602 cm³/mol. The van der Waals surface area contributed by atoms with Crippen molar-refractivity contribution in [2.45, 2.75) is 609 Å². The Labute approximate surface area is 863 Å². The van der Waals surface area contributed by atoms with E-state index in [0.717, 1.165) is 77.0 Å². The van der Waals surface area contributed by atoms with Crippen LogP contribution in [0.5, 0.6) is 34.5 Å². The molecule has 0 bridgehead atoms. The van der Waals surface area contributed by atoms with Crippen molar-refractivity contribution >= 4 is 19.0 Å². The van der Waals surface area contributed by atoms with Crippen LogP contribution >= 0.6 is 0 Å². The van der Waals surface area contributed by atoms with Crippen LogP contribution in [-0.2, 0) is 4.65 Å². The van der Waals surface area contributed by atoms with Crippen LogP contribution in [0.4, 0.5) is 8.63 Å². The molecule has 0 fully saturated rings. The average molecular weight is 1950 g/mol. The molecule has 2 aromatic carbocycles. The van der Waals surface area contributed by atoms with Crippen LogP contribution in [0.1, 0.15) is 642 Å². The van der Waals surface area contributed by atoms with Gasteiger partial charge in [0.2, 0.25) is 17.3 Å². The predicted octanol–water partition coefficient (Wildman–Crippen LogP) is 41.7. The third kappa shape index (κ3) is 65.5. The summed E-state index contributed by atoms with van der Waals surface area (Å²) in [6.45, 7) is 24.6. The number of hydrogen-bond acceptors (Lipinski definition) is 8. The largest absolute Gasteiger partial charge is 0.796 e. The lowest BCUT2D eigenvalue weighted by Crippen LogP contribution is -2.08. The van der Waals surface area contributed by atoms with Gasteiger partial charge in [-0.05, 0) is 102 Å². The maximum absolute atomic E-state index is 14.9. The van der Waals surface area contributed by atoms with E-state index in [1.54, 1.807) is 0 Å². The zero-order chi connectivity index (χ0) is 100. The van der Waals surface area contributed by atoms with E-state index >= 15 is 0 Å². The summed E-state index contributed by atoms with van der Waals surface area (Å²) in [5.74, 6) is 16.9. The summed E-state index contributed by atoms with van der Waals surface area (Å²) in [7, 11) is -3.22. The summed E-state index contributed by atoms with van der Waals surface area (Å²) in [6.07, 6.45) is 109. The molecule has 13 heteroatoms. The second-order valence-corrected chi connectivity index (χ2v) is 42.3. The average Bonchev–Trinajstić information content (AvgIpc) is 1.65. The molecule has 140 heavy (non-hydrogen) atoms. The molecule has 0 saturated carbocycles. The van der Waals surface area contributed by atoms with Crippen LogP contribution in [-0.4, -0.2) is 62.9 Å². The summed E-state index contributed by atoms with van der Waals surface area (Å²) in [4.78, 5) is 21.5. The smallest absolute Gasteiger partial charge is 0.503 e. The molecular formula is C127H217BF2N2O8. The highest BCUT2D eigenvalue weighted by atomic mass is 19.2. The number of benzene rings is 2. The number of carbonyl (C=O) groups is 1. The lowest BCUT2D eigenvalue weighted by Gasteiger charge is -2.18. The lowest BCUT2D eigenvalue weighted by atomic mass is 10.0. The maximum atomic E-state index is 14.9. The zero-order valence-corrected chi connectivity index (χ0v) is 93.1. The molecule has 800 valence electrons. The Balaban J connectivity index is 1.67. The molecule has 0 amide bonds. The molecule has 2 heterocycles. The molecule has 0 radical (unpaired) electrons. The van der Waals surface area contributed by atoms with Gasteiger partial charge in [-0.1, -0.05) is 566 Å². The quantitative estimate of drug-likeness (QED) is 0.0112. The number of ketones is 1. The Morgan fingerprint density at radius 1 is 0.250 bits per heavy atom. The molecule has 0 atom stereocenters. The van der Waals surface area contributed by atoms with Crippen molar-refractivity contribution in [2.24, 2.45) is 0 Å². The van der Waals surface area contributed by atoms with E-state index in [4.69, 9.17) is 33.1 Å². The van der Waals surface area contributed by atoms with Crippen molar-refractivity contribution in [1.82, 2.24) is 9.97 Å². The number of ether oxygens (including phenoxy) is 6. The third-order valence-electron chi connectivity index (χ3n) is 29.1. The van der Waals surface area contributed by atoms with Gasteiger partial charge in [-0.15, -0.1) is 0 Å². The summed E-state index contributed by atoms with van der Waals surface area (Å²) in [5, 5.41) is 0. The van der Waals surface area contributed by atoms with Crippen molar-refractivity contribution in [3.8, 4) is 58.2 Å². The Kier molecular flexibility index (Phi) is 82.8. The van der Waals surface area contributed by atoms with Crippen LogP contribution in [0.3, 0.4) is 0 Å². The minimum atomic E-state index is -3.22. The summed E-state index contributed by atoms with van der Waals surface area (Å²) >= 11 is 0.